The van der Waals surface area contributed by atoms with Crippen molar-refractivity contribution >= 4 is 23.5 Å². The molecule has 2 saturated heterocycles. The Morgan fingerprint density at radius 3 is 2.30 bits per heavy atom. The van der Waals surface area contributed by atoms with E-state index in [1.807, 2.05) is 11.9 Å². The van der Waals surface area contributed by atoms with Gasteiger partial charge in [-0.2, -0.15) is 0 Å². The van der Waals surface area contributed by atoms with E-state index in [1.165, 1.54) is 0 Å². The fourth-order valence-electron chi connectivity index (χ4n) is 2.59. The highest BCUT2D eigenvalue weighted by atomic mass is 16.2. The number of rotatable bonds is 2. The lowest BCUT2D eigenvalue weighted by Gasteiger charge is -2.33. The molecule has 3 rings (SSSR count). The molecule has 7 nitrogen and oxygen atoms in total. The fraction of sp³-hybridized carbons (Fsp3) is 0.312. The second-order valence-electron chi connectivity index (χ2n) is 5.62. The summed E-state index contributed by atoms with van der Waals surface area (Å²) in [6.45, 7) is 3.20. The molecule has 2 aliphatic heterocycles. The normalized spacial score (nSPS) is 21.8. The van der Waals surface area contributed by atoms with Gasteiger partial charge in [0.1, 0.15) is 5.57 Å². The van der Waals surface area contributed by atoms with Crippen molar-refractivity contribution in [3.8, 4) is 0 Å². The number of carbonyl (C=O) groups is 3. The molecule has 0 unspecified atom stereocenters. The van der Waals surface area contributed by atoms with E-state index in [-0.39, 0.29) is 5.57 Å². The van der Waals surface area contributed by atoms with E-state index in [2.05, 4.69) is 10.2 Å². The maximum Gasteiger partial charge on any atom is 0.335 e. The summed E-state index contributed by atoms with van der Waals surface area (Å²) in [5, 5.41) is 2.23. The number of anilines is 1. The Kier molecular flexibility index (Phi) is 4.12. The molecule has 1 N–H and O–H groups in total. The average Bonchev–Trinajstić information content (AvgIpc) is 2.54. The molecule has 2 fully saturated rings. The molecular formula is C16H18N4O3. The van der Waals surface area contributed by atoms with E-state index >= 15 is 0 Å². The van der Waals surface area contributed by atoms with E-state index in [0.29, 0.717) is 5.69 Å². The van der Waals surface area contributed by atoms with Crippen molar-refractivity contribution in [2.24, 2.45) is 0 Å². The van der Waals surface area contributed by atoms with Crippen molar-refractivity contribution in [1.82, 2.24) is 15.1 Å². The van der Waals surface area contributed by atoms with Gasteiger partial charge in [0.2, 0.25) is 0 Å². The highest BCUT2D eigenvalue weighted by Crippen LogP contribution is 2.20. The molecule has 2 heterocycles. The van der Waals surface area contributed by atoms with E-state index in [4.69, 9.17) is 0 Å². The number of likely N-dealkylation sites (N-methyl/N-ethyl adjacent to an activating group) is 1. The monoisotopic (exact) mass is 314 g/mol. The highest BCUT2D eigenvalue weighted by molar-refractivity contribution is 6.37. The number of hydrogen-bond donors (Lipinski definition) is 1. The zero-order valence-corrected chi connectivity index (χ0v) is 12.9. The molecule has 1 aromatic rings. The van der Waals surface area contributed by atoms with Gasteiger partial charge < -0.3 is 9.80 Å². The van der Waals surface area contributed by atoms with Crippen LogP contribution < -0.4 is 10.2 Å². The van der Waals surface area contributed by atoms with Crippen molar-refractivity contribution in [3.05, 3.63) is 42.1 Å². The molecule has 4 amide bonds. The first-order valence-corrected chi connectivity index (χ1v) is 7.45. The van der Waals surface area contributed by atoms with Gasteiger partial charge in [0.25, 0.3) is 11.8 Å². The Balaban J connectivity index is 1.87. The summed E-state index contributed by atoms with van der Waals surface area (Å²) in [6.07, 6.45) is 1.56. The topological polar surface area (TPSA) is 73.0 Å². The van der Waals surface area contributed by atoms with Crippen LogP contribution in [0.15, 0.2) is 42.1 Å². The summed E-state index contributed by atoms with van der Waals surface area (Å²) in [5.41, 5.74) is 0.421. The quantitative estimate of drug-likeness (QED) is 0.632. The van der Waals surface area contributed by atoms with Crippen molar-refractivity contribution in [2.75, 3.05) is 38.1 Å². The molecule has 0 saturated carbocycles. The number of para-hydroxylation sites is 1. The molecule has 0 radical (unpaired) electrons. The second-order valence-corrected chi connectivity index (χ2v) is 5.62. The molecule has 0 spiro atoms. The lowest BCUT2D eigenvalue weighted by Crippen LogP contribution is -2.55. The molecule has 0 aliphatic carbocycles. The molecule has 0 aromatic heterocycles. The molecule has 0 bridgehead atoms. The Labute approximate surface area is 134 Å². The third-order valence-electron chi connectivity index (χ3n) is 3.97. The van der Waals surface area contributed by atoms with Crippen LogP contribution in [0.25, 0.3) is 0 Å². The van der Waals surface area contributed by atoms with E-state index < -0.39 is 17.8 Å². The standard InChI is InChI=1S/C16H18N4O3/c1-18-7-9-19(10-8-18)11-13-14(21)17-16(23)20(15(13)22)12-5-3-2-4-6-12/h2-6,11H,7-10H2,1H3,(H,17,21,23)/b13-11-. The number of barbiturate groups is 1. The number of benzene rings is 1. The van der Waals surface area contributed by atoms with Gasteiger partial charge in [0.15, 0.2) is 0 Å². The third-order valence-corrected chi connectivity index (χ3v) is 3.97. The van der Waals surface area contributed by atoms with Crippen molar-refractivity contribution in [3.63, 3.8) is 0 Å². The number of nitrogens with zero attached hydrogens (tertiary/aromatic N) is 3. The van der Waals surface area contributed by atoms with Gasteiger partial charge in [-0.15, -0.1) is 0 Å². The smallest absolute Gasteiger partial charge is 0.335 e. The van der Waals surface area contributed by atoms with E-state index in [0.717, 1.165) is 31.1 Å². The van der Waals surface area contributed by atoms with Crippen molar-refractivity contribution in [1.29, 1.82) is 0 Å². The number of carbonyl (C=O) groups excluding carboxylic acids is 3. The van der Waals surface area contributed by atoms with Crippen LogP contribution in [-0.2, 0) is 9.59 Å². The zero-order valence-electron chi connectivity index (χ0n) is 12.9. The Morgan fingerprint density at radius 1 is 1.00 bits per heavy atom. The maximum absolute atomic E-state index is 12.6. The van der Waals surface area contributed by atoms with Crippen LogP contribution in [0.4, 0.5) is 10.5 Å². The molecule has 1 aromatic carbocycles. The summed E-state index contributed by atoms with van der Waals surface area (Å²) in [5.74, 6) is -1.24. The van der Waals surface area contributed by atoms with E-state index in [9.17, 15) is 14.4 Å². The first-order chi connectivity index (χ1) is 11.1. The molecule has 120 valence electrons. The average molecular weight is 314 g/mol. The Bertz CT molecular complexity index is 663. The number of imide groups is 2. The van der Waals surface area contributed by atoms with Gasteiger partial charge in [-0.1, -0.05) is 18.2 Å². The highest BCUT2D eigenvalue weighted by Gasteiger charge is 2.37. The summed E-state index contributed by atoms with van der Waals surface area (Å²) in [4.78, 5) is 41.8. The number of hydrogen-bond acceptors (Lipinski definition) is 5. The Morgan fingerprint density at radius 2 is 1.65 bits per heavy atom. The molecular weight excluding hydrogens is 296 g/mol. The van der Waals surface area contributed by atoms with Gasteiger partial charge in [-0.05, 0) is 19.2 Å². The Hall–Kier alpha value is -2.67. The van der Waals surface area contributed by atoms with Gasteiger partial charge in [0.05, 0.1) is 5.69 Å². The van der Waals surface area contributed by atoms with Crippen molar-refractivity contribution in [2.45, 2.75) is 0 Å². The van der Waals surface area contributed by atoms with Gasteiger partial charge in [0, 0.05) is 32.4 Å². The van der Waals surface area contributed by atoms with E-state index in [1.54, 1.807) is 36.5 Å². The predicted octanol–water partition coefficient (Wildman–Crippen LogP) is 0.401. The van der Waals surface area contributed by atoms with Gasteiger partial charge in [-0.25, -0.2) is 9.69 Å². The first kappa shape index (κ1) is 15.2. The van der Waals surface area contributed by atoms with Crippen LogP contribution in [0.1, 0.15) is 0 Å². The van der Waals surface area contributed by atoms with Crippen LogP contribution in [0, 0.1) is 0 Å². The van der Waals surface area contributed by atoms with Crippen LogP contribution in [-0.4, -0.2) is 60.9 Å². The zero-order chi connectivity index (χ0) is 16.4. The van der Waals surface area contributed by atoms with Crippen LogP contribution in [0.2, 0.25) is 0 Å². The summed E-state index contributed by atoms with van der Waals surface area (Å²) < 4.78 is 0. The van der Waals surface area contributed by atoms with Gasteiger partial charge in [-0.3, -0.25) is 14.9 Å². The largest absolute Gasteiger partial charge is 0.374 e. The first-order valence-electron chi connectivity index (χ1n) is 7.45. The lowest BCUT2D eigenvalue weighted by molar-refractivity contribution is -0.122. The summed E-state index contributed by atoms with van der Waals surface area (Å²) in [7, 11) is 2.03. The minimum atomic E-state index is -0.721. The number of urea groups is 1. The number of amides is 4. The third kappa shape index (κ3) is 3.09. The molecule has 0 atom stereocenters. The molecule has 7 heteroatoms. The van der Waals surface area contributed by atoms with Gasteiger partial charge >= 0.3 is 6.03 Å². The van der Waals surface area contributed by atoms with Crippen LogP contribution >= 0.6 is 0 Å². The van der Waals surface area contributed by atoms with Crippen LogP contribution in [0.3, 0.4) is 0 Å². The maximum atomic E-state index is 12.6. The summed E-state index contributed by atoms with van der Waals surface area (Å²) >= 11 is 0. The van der Waals surface area contributed by atoms with Crippen molar-refractivity contribution < 1.29 is 14.4 Å². The number of piperazine rings is 1. The minimum absolute atomic E-state index is 0.0157. The fourth-order valence-corrected chi connectivity index (χ4v) is 2.59. The minimum Gasteiger partial charge on any atom is -0.374 e. The summed E-state index contributed by atoms with van der Waals surface area (Å²) in [6, 6.07) is 7.84. The number of nitrogens with one attached hydrogen (secondary N) is 1. The lowest BCUT2D eigenvalue weighted by atomic mass is 10.1. The molecule has 23 heavy (non-hydrogen) atoms. The molecule has 2 aliphatic rings. The van der Waals surface area contributed by atoms with Crippen LogP contribution in [0.5, 0.6) is 0 Å². The second kappa shape index (κ2) is 6.21. The predicted molar refractivity (Wildman–Crippen MR) is 84.6 cm³/mol. The SMILES string of the molecule is CN1CCN(/C=C2/C(=O)NC(=O)N(c3ccccc3)C2=O)CC1.